The van der Waals surface area contributed by atoms with Gasteiger partial charge >= 0.3 is 0 Å². The summed E-state index contributed by atoms with van der Waals surface area (Å²) in [6, 6.07) is 6.86. The number of nitrogens with zero attached hydrogens (tertiary/aromatic N) is 3. The Balaban J connectivity index is 1.70. The largest absolute Gasteiger partial charge is 0.379 e. The summed E-state index contributed by atoms with van der Waals surface area (Å²) in [7, 11) is 0. The van der Waals surface area contributed by atoms with Gasteiger partial charge in [-0.3, -0.25) is 9.69 Å². The first-order valence-corrected chi connectivity index (χ1v) is 8.28. The van der Waals surface area contributed by atoms with Crippen LogP contribution in [0.25, 0.3) is 0 Å². The average molecular weight is 334 g/mol. The van der Waals surface area contributed by atoms with Gasteiger partial charge in [-0.1, -0.05) is 18.5 Å². The molecule has 2 atom stereocenters. The number of fused-ring (bicyclic) bond motifs is 1. The molecule has 0 N–H and O–H groups in total. The summed E-state index contributed by atoms with van der Waals surface area (Å²) in [5, 5.41) is 10.1. The molecule has 1 aromatic carbocycles. The molecule has 0 saturated carbocycles. The third-order valence-corrected chi connectivity index (χ3v) is 4.65. The maximum Gasteiger partial charge on any atom is 0.255 e. The number of amides is 1. The molecule has 2 unspecified atom stereocenters. The van der Waals surface area contributed by atoms with Gasteiger partial charge in [0.15, 0.2) is 0 Å². The first kappa shape index (κ1) is 16.3. The van der Waals surface area contributed by atoms with Crippen LogP contribution in [0.1, 0.15) is 28.9 Å². The summed E-state index contributed by atoms with van der Waals surface area (Å²) in [5.41, 5.74) is 1.32. The van der Waals surface area contributed by atoms with Gasteiger partial charge < -0.3 is 9.64 Å². The van der Waals surface area contributed by atoms with Crippen molar-refractivity contribution in [3.8, 4) is 6.07 Å². The molecular formula is C17H20ClN3O2. The molecule has 2 aliphatic heterocycles. The molecule has 5 nitrogen and oxygen atoms in total. The van der Waals surface area contributed by atoms with Crippen molar-refractivity contribution < 1.29 is 9.53 Å². The topological polar surface area (TPSA) is 56.6 Å². The first-order valence-electron chi connectivity index (χ1n) is 7.90. The second kappa shape index (κ2) is 6.88. The number of carbonyl (C=O) groups excluding carboxylic acids is 1. The van der Waals surface area contributed by atoms with Crippen molar-refractivity contribution >= 4 is 17.5 Å². The molecule has 122 valence electrons. The highest BCUT2D eigenvalue weighted by Gasteiger charge is 2.37. The number of ether oxygens (including phenoxy) is 1. The number of hydrogen-bond donors (Lipinski definition) is 0. The van der Waals surface area contributed by atoms with E-state index in [9.17, 15) is 10.1 Å². The minimum atomic E-state index is -0.539. The Morgan fingerprint density at radius 1 is 1.39 bits per heavy atom. The van der Waals surface area contributed by atoms with E-state index in [0.29, 0.717) is 17.1 Å². The minimum Gasteiger partial charge on any atom is -0.379 e. The lowest BCUT2D eigenvalue weighted by Crippen LogP contribution is -2.42. The Morgan fingerprint density at radius 3 is 2.83 bits per heavy atom. The predicted octanol–water partition coefficient (Wildman–Crippen LogP) is 2.33. The van der Waals surface area contributed by atoms with Crippen molar-refractivity contribution in [1.29, 1.82) is 5.26 Å². The smallest absolute Gasteiger partial charge is 0.255 e. The predicted molar refractivity (Wildman–Crippen MR) is 87.3 cm³/mol. The fourth-order valence-electron chi connectivity index (χ4n) is 3.34. The van der Waals surface area contributed by atoms with E-state index in [2.05, 4.69) is 17.9 Å². The second-order valence-corrected chi connectivity index (χ2v) is 6.68. The fourth-order valence-corrected chi connectivity index (χ4v) is 3.52. The maximum absolute atomic E-state index is 12.6. The summed E-state index contributed by atoms with van der Waals surface area (Å²) in [5.74, 6) is 0.217. The second-order valence-electron chi connectivity index (χ2n) is 6.24. The quantitative estimate of drug-likeness (QED) is 0.848. The van der Waals surface area contributed by atoms with Gasteiger partial charge in [0.25, 0.3) is 5.91 Å². The maximum atomic E-state index is 12.6. The van der Waals surface area contributed by atoms with Gasteiger partial charge in [0.05, 0.1) is 19.3 Å². The van der Waals surface area contributed by atoms with Crippen LogP contribution in [0.3, 0.4) is 0 Å². The van der Waals surface area contributed by atoms with Crippen LogP contribution >= 0.6 is 11.6 Å². The molecule has 0 radical (unpaired) electrons. The Kier molecular flexibility index (Phi) is 4.86. The Labute approximate surface area is 141 Å². The van der Waals surface area contributed by atoms with E-state index in [-0.39, 0.29) is 11.8 Å². The molecule has 6 heteroatoms. The van der Waals surface area contributed by atoms with E-state index in [0.717, 1.165) is 38.4 Å². The van der Waals surface area contributed by atoms with Crippen LogP contribution in [-0.4, -0.2) is 55.1 Å². The third-order valence-electron chi connectivity index (χ3n) is 4.42. The van der Waals surface area contributed by atoms with E-state index >= 15 is 0 Å². The van der Waals surface area contributed by atoms with E-state index in [1.54, 1.807) is 23.1 Å². The standard InChI is InChI=1S/C17H20ClN3O2/c1-12(10-20-4-6-23-7-5-20)11-21-16(9-19)15-8-13(18)2-3-14(15)17(21)22/h2-3,8,12,16H,4-7,10-11H2,1H3. The van der Waals surface area contributed by atoms with Crippen LogP contribution in [0.4, 0.5) is 0 Å². The van der Waals surface area contributed by atoms with Crippen LogP contribution in [0.15, 0.2) is 18.2 Å². The Hall–Kier alpha value is -1.61. The number of hydrogen-bond acceptors (Lipinski definition) is 4. The molecule has 1 saturated heterocycles. The Morgan fingerprint density at radius 2 is 2.13 bits per heavy atom. The molecule has 0 spiro atoms. The molecule has 3 rings (SSSR count). The number of halogens is 1. The summed E-state index contributed by atoms with van der Waals surface area (Å²) in [4.78, 5) is 16.6. The van der Waals surface area contributed by atoms with Gasteiger partial charge in [-0.2, -0.15) is 5.26 Å². The van der Waals surface area contributed by atoms with Crippen molar-refractivity contribution in [2.45, 2.75) is 13.0 Å². The number of benzene rings is 1. The van der Waals surface area contributed by atoms with Crippen LogP contribution in [-0.2, 0) is 4.74 Å². The van der Waals surface area contributed by atoms with Gasteiger partial charge in [0.2, 0.25) is 0 Å². The lowest BCUT2D eigenvalue weighted by atomic mass is 10.1. The monoisotopic (exact) mass is 333 g/mol. The fraction of sp³-hybridized carbons (Fsp3) is 0.529. The molecule has 1 amide bonds. The normalized spacial score (nSPS) is 22.7. The molecular weight excluding hydrogens is 314 g/mol. The highest BCUT2D eigenvalue weighted by molar-refractivity contribution is 6.30. The van der Waals surface area contributed by atoms with Crippen LogP contribution in [0.2, 0.25) is 5.02 Å². The highest BCUT2D eigenvalue weighted by atomic mass is 35.5. The lowest BCUT2D eigenvalue weighted by molar-refractivity contribution is 0.0282. The molecule has 23 heavy (non-hydrogen) atoms. The average Bonchev–Trinajstić information content (AvgIpc) is 2.79. The summed E-state index contributed by atoms with van der Waals surface area (Å²) < 4.78 is 5.36. The first-order chi connectivity index (χ1) is 11.1. The summed E-state index contributed by atoms with van der Waals surface area (Å²) in [6.45, 7) is 6.97. The van der Waals surface area contributed by atoms with Crippen molar-refractivity contribution in [3.05, 3.63) is 34.3 Å². The zero-order chi connectivity index (χ0) is 16.4. The van der Waals surface area contributed by atoms with Gasteiger partial charge in [-0.15, -0.1) is 0 Å². The molecule has 2 aliphatic rings. The van der Waals surface area contributed by atoms with Gasteiger partial charge in [0, 0.05) is 42.3 Å². The number of carbonyl (C=O) groups is 1. The minimum absolute atomic E-state index is 0.0722. The SMILES string of the molecule is CC(CN1CCOCC1)CN1C(=O)c2ccc(Cl)cc2C1C#N. The molecule has 0 bridgehead atoms. The zero-order valence-electron chi connectivity index (χ0n) is 13.2. The molecule has 1 aromatic rings. The van der Waals surface area contributed by atoms with Gasteiger partial charge in [-0.05, 0) is 24.1 Å². The zero-order valence-corrected chi connectivity index (χ0v) is 13.9. The summed E-state index contributed by atoms with van der Waals surface area (Å²) >= 11 is 6.02. The molecule has 0 aliphatic carbocycles. The lowest BCUT2D eigenvalue weighted by Gasteiger charge is -2.31. The molecule has 0 aromatic heterocycles. The van der Waals surface area contributed by atoms with E-state index < -0.39 is 6.04 Å². The van der Waals surface area contributed by atoms with Crippen LogP contribution in [0, 0.1) is 17.2 Å². The van der Waals surface area contributed by atoms with Gasteiger partial charge in [-0.25, -0.2) is 0 Å². The van der Waals surface area contributed by atoms with Crippen molar-refractivity contribution in [3.63, 3.8) is 0 Å². The number of nitriles is 1. The van der Waals surface area contributed by atoms with E-state index in [4.69, 9.17) is 16.3 Å². The van der Waals surface area contributed by atoms with Gasteiger partial charge in [0.1, 0.15) is 6.04 Å². The Bertz CT molecular complexity index is 637. The molecule has 2 heterocycles. The van der Waals surface area contributed by atoms with Crippen molar-refractivity contribution in [1.82, 2.24) is 9.80 Å². The van der Waals surface area contributed by atoms with Crippen molar-refractivity contribution in [2.24, 2.45) is 5.92 Å². The third kappa shape index (κ3) is 3.35. The highest BCUT2D eigenvalue weighted by Crippen LogP contribution is 2.35. The van der Waals surface area contributed by atoms with Crippen LogP contribution in [0.5, 0.6) is 0 Å². The van der Waals surface area contributed by atoms with E-state index in [1.807, 2.05) is 0 Å². The number of rotatable bonds is 4. The van der Waals surface area contributed by atoms with Crippen LogP contribution < -0.4 is 0 Å². The number of morpholine rings is 1. The summed E-state index contributed by atoms with van der Waals surface area (Å²) in [6.07, 6.45) is 0. The van der Waals surface area contributed by atoms with Crippen molar-refractivity contribution in [2.75, 3.05) is 39.4 Å². The van der Waals surface area contributed by atoms with E-state index in [1.165, 1.54) is 0 Å². The molecule has 1 fully saturated rings.